The molecule has 0 radical (unpaired) electrons. The van der Waals surface area contributed by atoms with Gasteiger partial charge in [-0.2, -0.15) is 0 Å². The molecule has 0 aliphatic rings. The van der Waals surface area contributed by atoms with E-state index in [9.17, 15) is 26.4 Å². The van der Waals surface area contributed by atoms with Gasteiger partial charge in [-0.1, -0.05) is 24.3 Å². The standard InChI is InChI=1S/C22H19F3N2O4S/c23-22(24,25)31-20-6-2-1-5-18(20)15-32(29,30)19-9-7-17(8-10-19)21(28)27-13-11-16-4-3-12-26-14-16/h1-10,12,14H,11,13,15H2,(H,27,28). The quantitative estimate of drug-likeness (QED) is 0.546. The van der Waals surface area contributed by atoms with Gasteiger partial charge in [-0.15, -0.1) is 13.2 Å². The molecular weight excluding hydrogens is 445 g/mol. The Balaban J connectivity index is 1.65. The maximum Gasteiger partial charge on any atom is 0.573 e. The van der Waals surface area contributed by atoms with E-state index in [-0.39, 0.29) is 21.9 Å². The first-order chi connectivity index (χ1) is 15.1. The number of ether oxygens (including phenoxy) is 1. The molecule has 3 aromatic rings. The van der Waals surface area contributed by atoms with Crippen LogP contribution in [0.25, 0.3) is 0 Å². The second kappa shape index (κ2) is 9.82. The van der Waals surface area contributed by atoms with Crippen molar-refractivity contribution in [1.82, 2.24) is 10.3 Å². The van der Waals surface area contributed by atoms with Gasteiger partial charge in [-0.25, -0.2) is 8.42 Å². The molecule has 1 aromatic heterocycles. The van der Waals surface area contributed by atoms with Gasteiger partial charge in [0.2, 0.25) is 0 Å². The number of halogens is 3. The molecule has 1 N–H and O–H groups in total. The molecule has 0 aliphatic carbocycles. The van der Waals surface area contributed by atoms with E-state index in [1.807, 2.05) is 6.07 Å². The van der Waals surface area contributed by atoms with Crippen LogP contribution < -0.4 is 10.1 Å². The Hall–Kier alpha value is -3.40. The highest BCUT2D eigenvalue weighted by Crippen LogP contribution is 2.29. The number of hydrogen-bond donors (Lipinski definition) is 1. The molecule has 1 amide bonds. The summed E-state index contributed by atoms with van der Waals surface area (Å²) in [6, 6.07) is 13.9. The zero-order chi connectivity index (χ0) is 23.2. The van der Waals surface area contributed by atoms with Crippen LogP contribution >= 0.6 is 0 Å². The lowest BCUT2D eigenvalue weighted by atomic mass is 10.2. The van der Waals surface area contributed by atoms with Gasteiger partial charge >= 0.3 is 6.36 Å². The van der Waals surface area contributed by atoms with Crippen molar-refractivity contribution in [3.05, 3.63) is 89.7 Å². The number of para-hydroxylation sites is 1. The minimum absolute atomic E-state index is 0.119. The van der Waals surface area contributed by atoms with Gasteiger partial charge in [-0.05, 0) is 48.4 Å². The topological polar surface area (TPSA) is 85.4 Å². The Morgan fingerprint density at radius 2 is 1.72 bits per heavy atom. The summed E-state index contributed by atoms with van der Waals surface area (Å²) in [6.07, 6.45) is -0.999. The fraction of sp³-hybridized carbons (Fsp3) is 0.182. The Morgan fingerprint density at radius 3 is 2.38 bits per heavy atom. The average molecular weight is 464 g/mol. The number of benzene rings is 2. The monoisotopic (exact) mass is 464 g/mol. The summed E-state index contributed by atoms with van der Waals surface area (Å²) in [6.45, 7) is 0.376. The number of hydrogen-bond acceptors (Lipinski definition) is 5. The summed E-state index contributed by atoms with van der Waals surface area (Å²) in [4.78, 5) is 16.1. The van der Waals surface area contributed by atoms with Crippen LogP contribution in [0.5, 0.6) is 5.75 Å². The molecule has 168 valence electrons. The third-order valence-electron chi connectivity index (χ3n) is 4.44. The third kappa shape index (κ3) is 6.55. The van der Waals surface area contributed by atoms with Gasteiger partial charge in [-0.3, -0.25) is 9.78 Å². The molecule has 6 nitrogen and oxygen atoms in total. The fourth-order valence-corrected chi connectivity index (χ4v) is 4.28. The maximum atomic E-state index is 12.7. The van der Waals surface area contributed by atoms with Crippen LogP contribution in [0, 0.1) is 0 Å². The van der Waals surface area contributed by atoms with Crippen molar-refractivity contribution < 1.29 is 31.1 Å². The molecule has 1 heterocycles. The predicted octanol–water partition coefficient (Wildman–Crippen LogP) is 3.93. The number of nitrogens with one attached hydrogen (secondary N) is 1. The van der Waals surface area contributed by atoms with Gasteiger partial charge in [0.25, 0.3) is 5.91 Å². The summed E-state index contributed by atoms with van der Waals surface area (Å²) in [7, 11) is -3.97. The van der Waals surface area contributed by atoms with Crippen molar-refractivity contribution in [2.75, 3.05) is 6.54 Å². The number of rotatable bonds is 8. The number of alkyl halides is 3. The van der Waals surface area contributed by atoms with E-state index < -0.39 is 27.7 Å². The van der Waals surface area contributed by atoms with E-state index >= 15 is 0 Å². The van der Waals surface area contributed by atoms with Crippen LogP contribution in [0.2, 0.25) is 0 Å². The van der Waals surface area contributed by atoms with Crippen molar-refractivity contribution >= 4 is 15.7 Å². The Bertz CT molecular complexity index is 1170. The molecule has 0 aliphatic heterocycles. The number of carbonyl (C=O) groups is 1. The normalized spacial score (nSPS) is 11.7. The average Bonchev–Trinajstić information content (AvgIpc) is 2.75. The van der Waals surface area contributed by atoms with Crippen LogP contribution in [0.4, 0.5) is 13.2 Å². The number of pyridine rings is 1. The van der Waals surface area contributed by atoms with Gasteiger partial charge in [0, 0.05) is 30.1 Å². The Labute approximate surface area is 183 Å². The van der Waals surface area contributed by atoms with Crippen molar-refractivity contribution in [2.24, 2.45) is 0 Å². The molecule has 0 saturated carbocycles. The number of carbonyl (C=O) groups excluding carboxylic acids is 1. The van der Waals surface area contributed by atoms with E-state index in [1.54, 1.807) is 18.5 Å². The molecular formula is C22H19F3N2O4S. The van der Waals surface area contributed by atoms with Crippen LogP contribution in [-0.2, 0) is 22.0 Å². The summed E-state index contributed by atoms with van der Waals surface area (Å²) in [5, 5.41) is 2.74. The van der Waals surface area contributed by atoms with E-state index in [4.69, 9.17) is 0 Å². The first-order valence-electron chi connectivity index (χ1n) is 9.48. The zero-order valence-corrected chi connectivity index (χ0v) is 17.5. The molecule has 0 unspecified atom stereocenters. The lowest BCUT2D eigenvalue weighted by Gasteiger charge is -2.13. The first kappa shape index (κ1) is 23.3. The van der Waals surface area contributed by atoms with Crippen LogP contribution in [-0.4, -0.2) is 32.2 Å². The smallest absolute Gasteiger partial charge is 0.405 e. The van der Waals surface area contributed by atoms with E-state index in [0.29, 0.717) is 13.0 Å². The molecule has 0 bridgehead atoms. The lowest BCUT2D eigenvalue weighted by molar-refractivity contribution is -0.274. The lowest BCUT2D eigenvalue weighted by Crippen LogP contribution is -2.25. The summed E-state index contributed by atoms with van der Waals surface area (Å²) >= 11 is 0. The third-order valence-corrected chi connectivity index (χ3v) is 6.12. The number of aromatic nitrogens is 1. The summed E-state index contributed by atoms with van der Waals surface area (Å²) in [5.41, 5.74) is 1.10. The second-order valence-electron chi connectivity index (χ2n) is 6.81. The molecule has 32 heavy (non-hydrogen) atoms. The molecule has 2 aromatic carbocycles. The van der Waals surface area contributed by atoms with Crippen molar-refractivity contribution in [1.29, 1.82) is 0 Å². The molecule has 0 fully saturated rings. The summed E-state index contributed by atoms with van der Waals surface area (Å²) < 4.78 is 67.0. The number of sulfone groups is 1. The van der Waals surface area contributed by atoms with Crippen molar-refractivity contribution in [2.45, 2.75) is 23.4 Å². The fourth-order valence-electron chi connectivity index (χ4n) is 2.92. The summed E-state index contributed by atoms with van der Waals surface area (Å²) in [5.74, 6) is -1.63. The zero-order valence-electron chi connectivity index (χ0n) is 16.7. The van der Waals surface area contributed by atoms with Crippen LogP contribution in [0.1, 0.15) is 21.5 Å². The number of amides is 1. The van der Waals surface area contributed by atoms with Crippen molar-refractivity contribution in [3.63, 3.8) is 0 Å². The highest BCUT2D eigenvalue weighted by Gasteiger charge is 2.32. The van der Waals surface area contributed by atoms with E-state index in [1.165, 1.54) is 42.5 Å². The predicted molar refractivity (Wildman–Crippen MR) is 111 cm³/mol. The molecule has 0 atom stereocenters. The van der Waals surface area contributed by atoms with E-state index in [2.05, 4.69) is 15.0 Å². The van der Waals surface area contributed by atoms with Gasteiger partial charge < -0.3 is 10.1 Å². The van der Waals surface area contributed by atoms with Gasteiger partial charge in [0.15, 0.2) is 9.84 Å². The Morgan fingerprint density at radius 1 is 1.00 bits per heavy atom. The molecule has 10 heteroatoms. The molecule has 0 saturated heterocycles. The molecule has 3 rings (SSSR count). The SMILES string of the molecule is O=C(NCCc1cccnc1)c1ccc(S(=O)(=O)Cc2ccccc2OC(F)(F)F)cc1. The van der Waals surface area contributed by atoms with Gasteiger partial charge in [0.05, 0.1) is 10.6 Å². The largest absolute Gasteiger partial charge is 0.573 e. The van der Waals surface area contributed by atoms with E-state index in [0.717, 1.165) is 11.6 Å². The second-order valence-corrected chi connectivity index (χ2v) is 8.80. The highest BCUT2D eigenvalue weighted by atomic mass is 32.2. The number of nitrogens with zero attached hydrogens (tertiary/aromatic N) is 1. The highest BCUT2D eigenvalue weighted by molar-refractivity contribution is 7.90. The molecule has 0 spiro atoms. The first-order valence-corrected chi connectivity index (χ1v) is 11.1. The maximum absolute atomic E-state index is 12.7. The van der Waals surface area contributed by atoms with Crippen molar-refractivity contribution in [3.8, 4) is 5.75 Å². The Kier molecular flexibility index (Phi) is 7.14. The van der Waals surface area contributed by atoms with Crippen LogP contribution in [0.3, 0.4) is 0 Å². The minimum Gasteiger partial charge on any atom is -0.405 e. The van der Waals surface area contributed by atoms with Gasteiger partial charge in [0.1, 0.15) is 5.75 Å². The minimum atomic E-state index is -4.94. The van der Waals surface area contributed by atoms with Crippen LogP contribution in [0.15, 0.2) is 78.0 Å².